The maximum atomic E-state index is 14.0. The van der Waals surface area contributed by atoms with E-state index in [2.05, 4.69) is 0 Å². The molecule has 0 fully saturated rings. The predicted molar refractivity (Wildman–Crippen MR) is 162 cm³/mol. The van der Waals surface area contributed by atoms with Crippen LogP contribution in [0.25, 0.3) is 33.3 Å². The molecule has 41 heavy (non-hydrogen) atoms. The molecule has 10 heteroatoms. The number of carbonyl (C=O) groups excluding carboxylic acids is 1. The summed E-state index contributed by atoms with van der Waals surface area (Å²) < 4.78 is 19.7. The fraction of sp³-hybridized carbons (Fsp3) is 0.129. The van der Waals surface area contributed by atoms with Crippen LogP contribution in [0.4, 0.5) is 0 Å². The Balaban J connectivity index is 1.75. The quantitative estimate of drug-likeness (QED) is 0.304. The highest BCUT2D eigenvalue weighted by atomic mass is 32.1. The Bertz CT molecular complexity index is 2000. The highest BCUT2D eigenvalue weighted by molar-refractivity contribution is 7.19. The molecule has 1 atom stereocenters. The second kappa shape index (κ2) is 10.7. The van der Waals surface area contributed by atoms with Crippen LogP contribution in [-0.4, -0.2) is 36.8 Å². The normalized spacial score (nSPS) is 15.2. The largest absolute Gasteiger partial charge is 0.496 e. The number of thiazole rings is 2. The molecule has 0 radical (unpaired) electrons. The van der Waals surface area contributed by atoms with Gasteiger partial charge in [0.15, 0.2) is 0 Å². The van der Waals surface area contributed by atoms with Crippen molar-refractivity contribution in [3.05, 3.63) is 108 Å². The first-order valence-electron chi connectivity index (χ1n) is 12.6. The Morgan fingerprint density at radius 2 is 1.61 bits per heavy atom. The van der Waals surface area contributed by atoms with Crippen molar-refractivity contribution in [3.63, 3.8) is 0 Å². The van der Waals surface area contributed by atoms with Gasteiger partial charge >= 0.3 is 5.97 Å². The molecule has 206 valence electrons. The van der Waals surface area contributed by atoms with Crippen molar-refractivity contribution < 1.29 is 19.0 Å². The third-order valence-electron chi connectivity index (χ3n) is 6.95. The van der Waals surface area contributed by atoms with Gasteiger partial charge in [-0.15, -0.1) is 22.7 Å². The van der Waals surface area contributed by atoms with Gasteiger partial charge in [-0.1, -0.05) is 48.5 Å². The van der Waals surface area contributed by atoms with Gasteiger partial charge in [-0.25, -0.2) is 9.78 Å². The Labute approximate surface area is 242 Å². The second-order valence-corrected chi connectivity index (χ2v) is 11.2. The Morgan fingerprint density at radius 3 is 2.34 bits per heavy atom. The Morgan fingerprint density at radius 1 is 0.927 bits per heavy atom. The number of carbonyl (C=O) groups is 1. The molecule has 5 aromatic rings. The third-order valence-corrected chi connectivity index (χ3v) is 9.13. The minimum atomic E-state index is -0.712. The maximum absolute atomic E-state index is 14.0. The minimum Gasteiger partial charge on any atom is -0.496 e. The summed E-state index contributed by atoms with van der Waals surface area (Å²) in [6.45, 7) is 0. The maximum Gasteiger partial charge on any atom is 0.337 e. The molecule has 0 saturated heterocycles. The predicted octanol–water partition coefficient (Wildman–Crippen LogP) is 3.77. The van der Waals surface area contributed by atoms with Gasteiger partial charge < -0.3 is 19.9 Å². The molecule has 0 aliphatic carbocycles. The summed E-state index contributed by atoms with van der Waals surface area (Å²) in [7, 11) is 4.47. The topological polar surface area (TPSA) is 106 Å². The number of para-hydroxylation sites is 3. The number of hydrogen-bond donors (Lipinski definition) is 1. The van der Waals surface area contributed by atoms with Crippen molar-refractivity contribution in [1.29, 1.82) is 0 Å². The van der Waals surface area contributed by atoms with E-state index in [1.165, 1.54) is 34.4 Å². The standard InChI is InChI=1S/C31H25N3O5S2/c1-37-20-13-7-4-10-17(20)16-23-29(35)34-27(32)25(28-33-19-12-6-9-15-22(19)40-28)24(18-11-5-8-14-21(18)38-2)26(30(34)41-23)31(36)39-3/h4-16,24H,32H2,1-3H3/b23-16+/t24-/m1/s1. The molecule has 3 heterocycles. The number of hydrogen-bond acceptors (Lipinski definition) is 9. The van der Waals surface area contributed by atoms with E-state index in [4.69, 9.17) is 24.9 Å². The van der Waals surface area contributed by atoms with Crippen LogP contribution in [0, 0.1) is 0 Å². The van der Waals surface area contributed by atoms with Gasteiger partial charge in [-0.3, -0.25) is 9.36 Å². The molecular formula is C31H25N3O5S2. The lowest BCUT2D eigenvalue weighted by atomic mass is 9.83. The summed E-state index contributed by atoms with van der Waals surface area (Å²) in [5.41, 5.74) is 9.58. The van der Waals surface area contributed by atoms with E-state index >= 15 is 0 Å². The Kier molecular flexibility index (Phi) is 6.94. The van der Waals surface area contributed by atoms with Crippen LogP contribution in [0.5, 0.6) is 11.5 Å². The van der Waals surface area contributed by atoms with Crippen LogP contribution in [0.2, 0.25) is 0 Å². The number of ether oxygens (including phenoxy) is 3. The van der Waals surface area contributed by atoms with Crippen LogP contribution < -0.4 is 30.0 Å². The molecule has 0 unspecified atom stereocenters. The molecule has 0 saturated carbocycles. The van der Waals surface area contributed by atoms with Gasteiger partial charge in [-0.05, 0) is 30.3 Å². The van der Waals surface area contributed by atoms with Gasteiger partial charge in [0.2, 0.25) is 0 Å². The molecule has 2 N–H and O–H groups in total. The average Bonchev–Trinajstić information content (AvgIpc) is 3.57. The summed E-state index contributed by atoms with van der Waals surface area (Å²) in [5, 5.41) is 0.597. The van der Waals surface area contributed by atoms with Crippen molar-refractivity contribution >= 4 is 61.9 Å². The van der Waals surface area contributed by atoms with Crippen molar-refractivity contribution in [2.75, 3.05) is 21.3 Å². The fourth-order valence-corrected chi connectivity index (χ4v) is 7.30. The van der Waals surface area contributed by atoms with Crippen LogP contribution in [0.3, 0.4) is 0 Å². The minimum absolute atomic E-state index is 0.198. The lowest BCUT2D eigenvalue weighted by Crippen LogP contribution is -2.40. The molecule has 0 spiro atoms. The van der Waals surface area contributed by atoms with E-state index in [-0.39, 0.29) is 17.0 Å². The number of nitrogens with zero attached hydrogens (tertiary/aromatic N) is 2. The van der Waals surface area contributed by atoms with Crippen LogP contribution in [0.1, 0.15) is 22.1 Å². The molecule has 6 rings (SSSR count). The lowest BCUT2D eigenvalue weighted by Gasteiger charge is -2.28. The zero-order valence-electron chi connectivity index (χ0n) is 22.4. The lowest BCUT2D eigenvalue weighted by molar-refractivity contribution is -0.134. The first-order valence-corrected chi connectivity index (χ1v) is 14.3. The van der Waals surface area contributed by atoms with Crippen molar-refractivity contribution in [2.45, 2.75) is 5.92 Å². The number of fused-ring (bicyclic) bond motifs is 2. The zero-order chi connectivity index (χ0) is 28.7. The SMILES string of the molecule is COC(=O)C1=c2s/c(=C/c3ccccc3OC)c(=O)n2C(N)=C(c2nc3ccccc3s2)[C@H]1c1ccccc1OC. The summed E-state index contributed by atoms with van der Waals surface area (Å²) in [4.78, 5) is 32.5. The molecule has 1 aliphatic rings. The smallest absolute Gasteiger partial charge is 0.337 e. The molecule has 8 nitrogen and oxygen atoms in total. The van der Waals surface area contributed by atoms with Crippen molar-refractivity contribution in [1.82, 2.24) is 9.55 Å². The first-order chi connectivity index (χ1) is 20.0. The summed E-state index contributed by atoms with van der Waals surface area (Å²) in [5.74, 6) is 0.0928. The van der Waals surface area contributed by atoms with Gasteiger partial charge in [-0.2, -0.15) is 0 Å². The number of rotatable bonds is 6. The molecule has 1 aliphatic heterocycles. The summed E-state index contributed by atoms with van der Waals surface area (Å²) in [6, 6.07) is 22.6. The van der Waals surface area contributed by atoms with E-state index < -0.39 is 11.9 Å². The molecule has 0 bridgehead atoms. The van der Waals surface area contributed by atoms with E-state index in [1.54, 1.807) is 20.3 Å². The number of aromatic nitrogens is 2. The van der Waals surface area contributed by atoms with Crippen LogP contribution >= 0.6 is 22.7 Å². The number of allylic oxidation sites excluding steroid dienone is 1. The van der Waals surface area contributed by atoms with Gasteiger partial charge in [0.25, 0.3) is 5.56 Å². The highest BCUT2D eigenvalue weighted by Gasteiger charge is 2.39. The number of benzene rings is 3. The monoisotopic (exact) mass is 583 g/mol. The van der Waals surface area contributed by atoms with E-state index in [9.17, 15) is 9.59 Å². The highest BCUT2D eigenvalue weighted by Crippen LogP contribution is 2.46. The van der Waals surface area contributed by atoms with E-state index in [0.717, 1.165) is 15.8 Å². The van der Waals surface area contributed by atoms with Crippen molar-refractivity contribution in [2.24, 2.45) is 5.73 Å². The molecule has 3 aromatic carbocycles. The first kappa shape index (κ1) is 26.5. The number of nitrogens with two attached hydrogens (primary N) is 1. The average molecular weight is 584 g/mol. The number of methoxy groups -OCH3 is 3. The van der Waals surface area contributed by atoms with Gasteiger partial charge in [0.05, 0.1) is 47.6 Å². The van der Waals surface area contributed by atoms with Crippen LogP contribution in [-0.2, 0) is 9.53 Å². The Hall–Kier alpha value is -4.67. The molecule has 0 amide bonds. The number of esters is 1. The van der Waals surface area contributed by atoms with E-state index in [0.29, 0.717) is 36.8 Å². The summed E-state index contributed by atoms with van der Waals surface area (Å²) >= 11 is 2.62. The van der Waals surface area contributed by atoms with E-state index in [1.807, 2.05) is 72.8 Å². The van der Waals surface area contributed by atoms with Gasteiger partial charge in [0.1, 0.15) is 27.0 Å². The molecule has 2 aromatic heterocycles. The van der Waals surface area contributed by atoms with Gasteiger partial charge in [0, 0.05) is 16.7 Å². The van der Waals surface area contributed by atoms with Crippen molar-refractivity contribution in [3.8, 4) is 11.5 Å². The zero-order valence-corrected chi connectivity index (χ0v) is 24.0. The third kappa shape index (κ3) is 4.41. The second-order valence-electron chi connectivity index (χ2n) is 9.16. The van der Waals surface area contributed by atoms with Crippen LogP contribution in [0.15, 0.2) is 77.6 Å². The fourth-order valence-electron chi connectivity index (χ4n) is 5.10. The molecular weight excluding hydrogens is 558 g/mol. The summed E-state index contributed by atoms with van der Waals surface area (Å²) in [6.07, 6.45) is 1.74.